The number of anilines is 1. The first-order chi connectivity index (χ1) is 11.6. The first-order valence-corrected chi connectivity index (χ1v) is 8.16. The van der Waals surface area contributed by atoms with E-state index in [1.54, 1.807) is 24.3 Å². The summed E-state index contributed by atoms with van der Waals surface area (Å²) in [7, 11) is 1.33. The smallest absolute Gasteiger partial charge is 0.337 e. The SMILES string of the molecule is COC(=O)c1ccc(NC(=O)CCN2CCN(CCO)CC2)cc1. The molecule has 1 fully saturated rings. The van der Waals surface area contributed by atoms with Crippen LogP contribution in [-0.2, 0) is 9.53 Å². The van der Waals surface area contributed by atoms with Gasteiger partial charge in [-0.2, -0.15) is 0 Å². The van der Waals surface area contributed by atoms with E-state index in [1.807, 2.05) is 0 Å². The number of β-amino-alcohol motifs (C(OH)–C–C–N with tert-alkyl or cyclic N) is 1. The van der Waals surface area contributed by atoms with Gasteiger partial charge in [0, 0.05) is 51.4 Å². The number of methoxy groups -OCH3 is 1. The number of nitrogens with zero attached hydrogens (tertiary/aromatic N) is 2. The van der Waals surface area contributed by atoms with E-state index in [0.717, 1.165) is 39.3 Å². The summed E-state index contributed by atoms with van der Waals surface area (Å²) in [5, 5.41) is 11.8. The maximum atomic E-state index is 12.0. The molecule has 1 saturated heterocycles. The molecule has 7 heteroatoms. The monoisotopic (exact) mass is 335 g/mol. The van der Waals surface area contributed by atoms with Gasteiger partial charge >= 0.3 is 5.97 Å². The van der Waals surface area contributed by atoms with Gasteiger partial charge in [0.05, 0.1) is 19.3 Å². The molecule has 1 amide bonds. The molecular formula is C17H25N3O4. The highest BCUT2D eigenvalue weighted by atomic mass is 16.5. The maximum Gasteiger partial charge on any atom is 0.337 e. The molecule has 2 N–H and O–H groups in total. The van der Waals surface area contributed by atoms with E-state index in [9.17, 15) is 9.59 Å². The van der Waals surface area contributed by atoms with Crippen molar-refractivity contribution in [3.63, 3.8) is 0 Å². The summed E-state index contributed by atoms with van der Waals surface area (Å²) < 4.78 is 4.64. The van der Waals surface area contributed by atoms with E-state index < -0.39 is 5.97 Å². The minimum absolute atomic E-state index is 0.0430. The standard InChI is InChI=1S/C17H25N3O4/c1-24-17(23)14-2-4-15(5-3-14)18-16(22)6-7-19-8-10-20(11-9-19)12-13-21/h2-5,21H,6-13H2,1H3,(H,18,22). The van der Waals surface area contributed by atoms with Crippen LogP contribution in [0.15, 0.2) is 24.3 Å². The van der Waals surface area contributed by atoms with Crippen molar-refractivity contribution in [2.45, 2.75) is 6.42 Å². The van der Waals surface area contributed by atoms with Gasteiger partial charge in [-0.1, -0.05) is 0 Å². The van der Waals surface area contributed by atoms with Crippen LogP contribution in [0.25, 0.3) is 0 Å². The molecule has 1 aliphatic rings. The first-order valence-electron chi connectivity index (χ1n) is 8.16. The lowest BCUT2D eigenvalue weighted by Crippen LogP contribution is -2.47. The van der Waals surface area contributed by atoms with Gasteiger partial charge in [0.15, 0.2) is 0 Å². The van der Waals surface area contributed by atoms with Crippen molar-refractivity contribution in [1.29, 1.82) is 0 Å². The Morgan fingerprint density at radius 2 is 1.67 bits per heavy atom. The van der Waals surface area contributed by atoms with Crippen LogP contribution in [-0.4, -0.2) is 79.8 Å². The fourth-order valence-corrected chi connectivity index (χ4v) is 2.67. The molecule has 24 heavy (non-hydrogen) atoms. The number of ether oxygens (including phenoxy) is 1. The average molecular weight is 335 g/mol. The molecule has 0 aliphatic carbocycles. The number of rotatable bonds is 7. The largest absolute Gasteiger partial charge is 0.465 e. The quantitative estimate of drug-likeness (QED) is 0.703. The summed E-state index contributed by atoms with van der Waals surface area (Å²) in [6.07, 6.45) is 0.429. The summed E-state index contributed by atoms with van der Waals surface area (Å²) >= 11 is 0. The third-order valence-corrected chi connectivity index (χ3v) is 4.13. The number of carbonyl (C=O) groups excluding carboxylic acids is 2. The van der Waals surface area contributed by atoms with E-state index in [2.05, 4.69) is 19.9 Å². The summed E-state index contributed by atoms with van der Waals surface area (Å²) in [6, 6.07) is 6.64. The van der Waals surface area contributed by atoms with Crippen LogP contribution in [0.1, 0.15) is 16.8 Å². The van der Waals surface area contributed by atoms with Gasteiger partial charge in [0.2, 0.25) is 5.91 Å². The normalized spacial score (nSPS) is 15.9. The van der Waals surface area contributed by atoms with E-state index in [4.69, 9.17) is 5.11 Å². The van der Waals surface area contributed by atoms with Crippen LogP contribution >= 0.6 is 0 Å². The summed E-state index contributed by atoms with van der Waals surface area (Å²) in [5.74, 6) is -0.438. The highest BCUT2D eigenvalue weighted by molar-refractivity contribution is 5.93. The second-order valence-electron chi connectivity index (χ2n) is 5.77. The lowest BCUT2D eigenvalue weighted by molar-refractivity contribution is -0.116. The number of hydrogen-bond donors (Lipinski definition) is 2. The van der Waals surface area contributed by atoms with Crippen LogP contribution in [0.4, 0.5) is 5.69 Å². The molecule has 1 aliphatic heterocycles. The van der Waals surface area contributed by atoms with Crippen LogP contribution in [0, 0.1) is 0 Å². The summed E-state index contributed by atoms with van der Waals surface area (Å²) in [4.78, 5) is 27.9. The molecule has 1 aromatic rings. The lowest BCUT2D eigenvalue weighted by atomic mass is 10.2. The van der Waals surface area contributed by atoms with Gasteiger partial charge in [-0.15, -0.1) is 0 Å². The molecule has 0 aromatic heterocycles. The van der Waals surface area contributed by atoms with Gasteiger partial charge in [-0.3, -0.25) is 9.69 Å². The first kappa shape index (κ1) is 18.4. The number of aliphatic hydroxyl groups is 1. The topological polar surface area (TPSA) is 82.1 Å². The number of esters is 1. The zero-order valence-corrected chi connectivity index (χ0v) is 14.0. The Balaban J connectivity index is 1.71. The third-order valence-electron chi connectivity index (χ3n) is 4.13. The zero-order valence-electron chi connectivity index (χ0n) is 14.0. The molecule has 0 unspecified atom stereocenters. The minimum Gasteiger partial charge on any atom is -0.465 e. The molecule has 1 heterocycles. The highest BCUT2D eigenvalue weighted by Crippen LogP contribution is 2.11. The van der Waals surface area contributed by atoms with Crippen LogP contribution in [0.3, 0.4) is 0 Å². The Bertz CT molecular complexity index is 539. The van der Waals surface area contributed by atoms with Gasteiger partial charge in [-0.05, 0) is 24.3 Å². The Morgan fingerprint density at radius 3 is 2.21 bits per heavy atom. The van der Waals surface area contributed by atoms with E-state index in [-0.39, 0.29) is 12.5 Å². The van der Waals surface area contributed by atoms with Crippen molar-refractivity contribution in [2.24, 2.45) is 0 Å². The number of benzene rings is 1. The molecule has 2 rings (SSSR count). The minimum atomic E-state index is -0.395. The number of amides is 1. The molecule has 0 bridgehead atoms. The predicted molar refractivity (Wildman–Crippen MR) is 91.0 cm³/mol. The highest BCUT2D eigenvalue weighted by Gasteiger charge is 2.16. The molecule has 0 atom stereocenters. The van der Waals surface area contributed by atoms with Gasteiger partial charge in [0.1, 0.15) is 0 Å². The molecule has 0 radical (unpaired) electrons. The summed E-state index contributed by atoms with van der Waals surface area (Å²) in [5.41, 5.74) is 1.12. The van der Waals surface area contributed by atoms with Crippen molar-refractivity contribution < 1.29 is 19.4 Å². The molecule has 1 aromatic carbocycles. The molecule has 7 nitrogen and oxygen atoms in total. The number of piperazine rings is 1. The van der Waals surface area contributed by atoms with Crippen molar-refractivity contribution in [3.8, 4) is 0 Å². The summed E-state index contributed by atoms with van der Waals surface area (Å²) in [6.45, 7) is 5.32. The van der Waals surface area contributed by atoms with Gasteiger partial charge in [-0.25, -0.2) is 4.79 Å². The van der Waals surface area contributed by atoms with Gasteiger partial charge in [0.25, 0.3) is 0 Å². The van der Waals surface area contributed by atoms with E-state index in [1.165, 1.54) is 7.11 Å². The molecule has 0 saturated carbocycles. The second-order valence-corrected chi connectivity index (χ2v) is 5.77. The maximum absolute atomic E-state index is 12.0. The molecular weight excluding hydrogens is 310 g/mol. The number of carbonyl (C=O) groups is 2. The Labute approximate surface area is 142 Å². The molecule has 132 valence electrons. The van der Waals surface area contributed by atoms with Crippen molar-refractivity contribution >= 4 is 17.6 Å². The number of aliphatic hydroxyl groups excluding tert-OH is 1. The number of hydrogen-bond acceptors (Lipinski definition) is 6. The van der Waals surface area contributed by atoms with Crippen LogP contribution in [0.2, 0.25) is 0 Å². The predicted octanol–water partition coefficient (Wildman–Crippen LogP) is 0.412. The van der Waals surface area contributed by atoms with Crippen LogP contribution < -0.4 is 5.32 Å². The lowest BCUT2D eigenvalue weighted by Gasteiger charge is -2.34. The van der Waals surface area contributed by atoms with Crippen molar-refractivity contribution in [1.82, 2.24) is 9.80 Å². The average Bonchev–Trinajstić information content (AvgIpc) is 2.61. The Kier molecular flexibility index (Phi) is 7.17. The van der Waals surface area contributed by atoms with Crippen molar-refractivity contribution in [3.05, 3.63) is 29.8 Å². The third kappa shape index (κ3) is 5.59. The van der Waals surface area contributed by atoms with E-state index >= 15 is 0 Å². The number of nitrogens with one attached hydrogen (secondary N) is 1. The zero-order chi connectivity index (χ0) is 17.4. The Hall–Kier alpha value is -1.96. The fraction of sp³-hybridized carbons (Fsp3) is 0.529. The van der Waals surface area contributed by atoms with Crippen molar-refractivity contribution in [2.75, 3.05) is 58.3 Å². The van der Waals surface area contributed by atoms with E-state index in [0.29, 0.717) is 17.7 Å². The Morgan fingerprint density at radius 1 is 1.08 bits per heavy atom. The van der Waals surface area contributed by atoms with Crippen LogP contribution in [0.5, 0.6) is 0 Å². The fourth-order valence-electron chi connectivity index (χ4n) is 2.67. The van der Waals surface area contributed by atoms with Gasteiger partial charge < -0.3 is 20.1 Å². The molecule has 0 spiro atoms. The second kappa shape index (κ2) is 9.36.